The number of nitrogens with one attached hydrogen (secondary N) is 3. The zero-order valence-electron chi connectivity index (χ0n) is 23.4. The molecule has 1 saturated carbocycles. The van der Waals surface area contributed by atoms with Gasteiger partial charge in [0.15, 0.2) is 0 Å². The fraction of sp³-hybridized carbons (Fsp3) is 0.577. The smallest absolute Gasteiger partial charge is 0.423 e. The highest BCUT2D eigenvalue weighted by Crippen LogP contribution is 2.38. The van der Waals surface area contributed by atoms with Crippen LogP contribution in [0, 0.1) is 5.82 Å². The van der Waals surface area contributed by atoms with Gasteiger partial charge in [-0.15, -0.1) is 0 Å². The number of alkyl halides is 3. The molecule has 2 heterocycles. The van der Waals surface area contributed by atoms with Crippen molar-refractivity contribution in [1.29, 1.82) is 0 Å². The van der Waals surface area contributed by atoms with Crippen molar-refractivity contribution in [1.82, 2.24) is 24.9 Å². The summed E-state index contributed by atoms with van der Waals surface area (Å²) in [6.07, 6.45) is -0.862. The van der Waals surface area contributed by atoms with Gasteiger partial charge in [-0.3, -0.25) is 4.79 Å². The van der Waals surface area contributed by atoms with Crippen LogP contribution in [-0.2, 0) is 16.2 Å². The molecular formula is C26H34F4N6O5S. The van der Waals surface area contributed by atoms with Crippen LogP contribution in [-0.4, -0.2) is 80.9 Å². The minimum absolute atomic E-state index is 0.0283. The number of nitrogens with zero attached hydrogens (tertiary/aromatic N) is 3. The van der Waals surface area contributed by atoms with Gasteiger partial charge in [-0.1, -0.05) is 6.42 Å². The number of hydrogen-bond donors (Lipinski definition) is 3. The van der Waals surface area contributed by atoms with Gasteiger partial charge >= 0.3 is 6.18 Å². The number of aromatic nitrogens is 2. The standard InChI is InChI=1S/C26H34F4N6O5S/c1-36-10-8-15(9-11-36)32-23(37)16-12-22(40-2)20(13-18(16)27)33-25-31-14-17(26(28,29)30)24(34-25)41-21-7-5-4-6-19(21)35-42(3,38)39/h12-15,19,21,35H,4-11H2,1-3H3,(H,32,37)(H,31,33,34)/t19-,21-/m1/s1. The molecule has 1 aromatic heterocycles. The molecule has 2 fully saturated rings. The van der Waals surface area contributed by atoms with E-state index in [0.717, 1.165) is 38.3 Å². The molecule has 232 valence electrons. The number of likely N-dealkylation sites (tertiary alicyclic amines) is 1. The number of ether oxygens (including phenoxy) is 2. The van der Waals surface area contributed by atoms with Crippen molar-refractivity contribution in [3.8, 4) is 11.6 Å². The summed E-state index contributed by atoms with van der Waals surface area (Å²) >= 11 is 0. The topological polar surface area (TPSA) is 135 Å². The molecule has 1 amide bonds. The maximum absolute atomic E-state index is 15.1. The van der Waals surface area contributed by atoms with Crippen molar-refractivity contribution in [2.75, 3.05) is 38.8 Å². The molecule has 16 heteroatoms. The highest BCUT2D eigenvalue weighted by Gasteiger charge is 2.38. The van der Waals surface area contributed by atoms with Crippen LogP contribution >= 0.6 is 0 Å². The van der Waals surface area contributed by atoms with Crippen LogP contribution in [0.4, 0.5) is 29.2 Å². The van der Waals surface area contributed by atoms with E-state index in [1.165, 1.54) is 13.2 Å². The molecule has 1 aliphatic carbocycles. The number of piperidine rings is 1. The van der Waals surface area contributed by atoms with Gasteiger partial charge in [0.1, 0.15) is 23.2 Å². The molecule has 0 unspecified atom stereocenters. The predicted molar refractivity (Wildman–Crippen MR) is 146 cm³/mol. The van der Waals surface area contributed by atoms with E-state index in [9.17, 15) is 26.4 Å². The first-order valence-corrected chi connectivity index (χ1v) is 15.3. The Bertz CT molecular complexity index is 1390. The largest absolute Gasteiger partial charge is 0.495 e. The van der Waals surface area contributed by atoms with Gasteiger partial charge in [0.25, 0.3) is 5.91 Å². The minimum Gasteiger partial charge on any atom is -0.495 e. The average molecular weight is 619 g/mol. The second kappa shape index (κ2) is 13.0. The first-order valence-electron chi connectivity index (χ1n) is 13.5. The van der Waals surface area contributed by atoms with E-state index in [-0.39, 0.29) is 29.0 Å². The molecule has 0 bridgehead atoms. The summed E-state index contributed by atoms with van der Waals surface area (Å²) in [5.41, 5.74) is -1.54. The summed E-state index contributed by atoms with van der Waals surface area (Å²) < 4.78 is 93.5. The van der Waals surface area contributed by atoms with Gasteiger partial charge in [0.05, 0.1) is 30.7 Å². The lowest BCUT2D eigenvalue weighted by Crippen LogP contribution is -2.47. The number of benzene rings is 1. The van der Waals surface area contributed by atoms with Crippen LogP contribution < -0.4 is 24.8 Å². The van der Waals surface area contributed by atoms with Crippen LogP contribution in [0.3, 0.4) is 0 Å². The van der Waals surface area contributed by atoms with Crippen LogP contribution in [0.15, 0.2) is 18.3 Å². The summed E-state index contributed by atoms with van der Waals surface area (Å²) in [5.74, 6) is -2.63. The van der Waals surface area contributed by atoms with Crippen molar-refractivity contribution >= 4 is 27.6 Å². The third kappa shape index (κ3) is 8.19. The predicted octanol–water partition coefficient (Wildman–Crippen LogP) is 3.45. The lowest BCUT2D eigenvalue weighted by molar-refractivity contribution is -0.140. The molecule has 1 aromatic carbocycles. The SMILES string of the molecule is COc1cc(C(=O)NC2CCN(C)CC2)c(F)cc1Nc1ncc(C(F)(F)F)c(O[C@@H]2CCCC[C@H]2NS(C)(=O)=O)n1. The number of halogens is 4. The fourth-order valence-electron chi connectivity index (χ4n) is 5.03. The van der Waals surface area contributed by atoms with Crippen LogP contribution in [0.5, 0.6) is 11.6 Å². The average Bonchev–Trinajstić information content (AvgIpc) is 2.90. The summed E-state index contributed by atoms with van der Waals surface area (Å²) in [5, 5.41) is 5.47. The van der Waals surface area contributed by atoms with E-state index in [4.69, 9.17) is 9.47 Å². The maximum atomic E-state index is 15.1. The van der Waals surface area contributed by atoms with Gasteiger partial charge < -0.3 is 25.0 Å². The lowest BCUT2D eigenvalue weighted by atomic mass is 9.93. The highest BCUT2D eigenvalue weighted by atomic mass is 32.2. The first-order chi connectivity index (χ1) is 19.7. The van der Waals surface area contributed by atoms with Crippen molar-refractivity contribution in [3.05, 3.63) is 35.3 Å². The zero-order chi connectivity index (χ0) is 30.7. The van der Waals surface area contributed by atoms with E-state index in [2.05, 4.69) is 30.2 Å². The van der Waals surface area contributed by atoms with Crippen LogP contribution in [0.25, 0.3) is 0 Å². The van der Waals surface area contributed by atoms with Crippen molar-refractivity contribution in [2.45, 2.75) is 62.9 Å². The number of sulfonamides is 1. The van der Waals surface area contributed by atoms with Gasteiger partial charge in [0, 0.05) is 18.3 Å². The van der Waals surface area contributed by atoms with Gasteiger partial charge in [-0.05, 0) is 58.3 Å². The van der Waals surface area contributed by atoms with E-state index >= 15 is 4.39 Å². The fourth-order valence-corrected chi connectivity index (χ4v) is 5.85. The number of carbonyl (C=O) groups excluding carboxylic acids is 1. The Morgan fingerprint density at radius 2 is 1.81 bits per heavy atom. The highest BCUT2D eigenvalue weighted by molar-refractivity contribution is 7.88. The molecule has 42 heavy (non-hydrogen) atoms. The minimum atomic E-state index is -4.87. The Balaban J connectivity index is 1.58. The van der Waals surface area contributed by atoms with Gasteiger partial charge in [-0.2, -0.15) is 18.2 Å². The molecule has 0 radical (unpaired) electrons. The zero-order valence-corrected chi connectivity index (χ0v) is 24.2. The quantitative estimate of drug-likeness (QED) is 0.361. The van der Waals surface area contributed by atoms with E-state index in [0.29, 0.717) is 31.9 Å². The monoisotopic (exact) mass is 618 g/mol. The Labute approximate surface area is 241 Å². The third-order valence-electron chi connectivity index (χ3n) is 7.22. The second-order valence-corrected chi connectivity index (χ2v) is 12.3. The first kappa shape index (κ1) is 31.7. The number of rotatable bonds is 9. The van der Waals surface area contributed by atoms with Gasteiger partial charge in [-0.25, -0.2) is 22.5 Å². The maximum Gasteiger partial charge on any atom is 0.423 e. The summed E-state index contributed by atoms with van der Waals surface area (Å²) in [4.78, 5) is 22.6. The molecule has 3 N–H and O–H groups in total. The van der Waals surface area contributed by atoms with Crippen molar-refractivity contribution < 1.29 is 40.2 Å². The van der Waals surface area contributed by atoms with E-state index in [1.807, 2.05) is 7.05 Å². The molecule has 2 aliphatic rings. The molecule has 4 rings (SSSR count). The lowest BCUT2D eigenvalue weighted by Gasteiger charge is -2.32. The molecule has 11 nitrogen and oxygen atoms in total. The summed E-state index contributed by atoms with van der Waals surface area (Å²) in [6, 6.07) is 1.31. The third-order valence-corrected chi connectivity index (χ3v) is 7.96. The number of hydrogen-bond acceptors (Lipinski definition) is 9. The molecule has 0 spiro atoms. The number of carbonyl (C=O) groups is 1. The van der Waals surface area contributed by atoms with Gasteiger partial charge in [0.2, 0.25) is 21.9 Å². The Morgan fingerprint density at radius 1 is 1.12 bits per heavy atom. The Hall–Kier alpha value is -3.24. The molecule has 1 aliphatic heterocycles. The van der Waals surface area contributed by atoms with Crippen molar-refractivity contribution in [2.24, 2.45) is 0 Å². The molecule has 2 aromatic rings. The van der Waals surface area contributed by atoms with E-state index < -0.39 is 51.5 Å². The second-order valence-electron chi connectivity index (χ2n) is 10.6. The number of amides is 1. The van der Waals surface area contributed by atoms with Crippen LogP contribution in [0.1, 0.15) is 54.4 Å². The normalized spacial score (nSPS) is 20.6. The summed E-state index contributed by atoms with van der Waals surface area (Å²) in [7, 11) is -0.378. The molecule has 1 saturated heterocycles. The Kier molecular flexibility index (Phi) is 9.77. The molecular weight excluding hydrogens is 584 g/mol. The summed E-state index contributed by atoms with van der Waals surface area (Å²) in [6.45, 7) is 1.60. The van der Waals surface area contributed by atoms with E-state index in [1.54, 1.807) is 0 Å². The van der Waals surface area contributed by atoms with Crippen LogP contribution in [0.2, 0.25) is 0 Å². The van der Waals surface area contributed by atoms with Crippen molar-refractivity contribution in [3.63, 3.8) is 0 Å². The Morgan fingerprint density at radius 3 is 2.45 bits per heavy atom. The number of anilines is 2. The number of methoxy groups -OCH3 is 1. The molecule has 2 atom stereocenters.